The van der Waals surface area contributed by atoms with Crippen molar-refractivity contribution in [3.8, 4) is 23.0 Å². The zero-order valence-electron chi connectivity index (χ0n) is 43.2. The summed E-state index contributed by atoms with van der Waals surface area (Å²) < 4.78 is 35.1. The molecule has 8 rings (SSSR count). The lowest BCUT2D eigenvalue weighted by Gasteiger charge is -2.60. The summed E-state index contributed by atoms with van der Waals surface area (Å²) in [5.74, 6) is 2.40. The van der Waals surface area contributed by atoms with Crippen molar-refractivity contribution in [3.63, 3.8) is 0 Å². The van der Waals surface area contributed by atoms with E-state index in [0.717, 1.165) is 47.3 Å². The maximum absolute atomic E-state index is 15.3. The molecule has 3 aromatic rings. The molecule has 71 heavy (non-hydrogen) atoms. The first-order chi connectivity index (χ1) is 34.1. The molecule has 17 nitrogen and oxygen atoms in total. The Morgan fingerprint density at radius 3 is 2.11 bits per heavy atom. The Kier molecular flexibility index (Phi) is 15.6. The van der Waals surface area contributed by atoms with E-state index in [0.29, 0.717) is 100 Å². The number of methoxy groups -OCH3 is 4. The standard InChI is InChI=1S/C54H73N7O10/c1-10-57-23-17-37-31-43(66-6)45(68-8)33-40(37)48(57)42-30-39(49(63)58-26-28-59(29-27-58)50-55-21-25-60(50)52(65)71-53(2,3)4)16-20-54(42)41-34-46(69-9)44(67-7)32-38(41)18-24-61(54)47(62)19-22-56(5)51(64)70-35-36-14-12-11-13-15-36/h11-15,31-34,39,42,48H,10,16-30,35H2,1-9H3. The Labute approximate surface area is 418 Å². The number of guanidine groups is 1. The van der Waals surface area contributed by atoms with Gasteiger partial charge in [-0.3, -0.25) is 19.5 Å². The van der Waals surface area contributed by atoms with Crippen LogP contribution in [0.5, 0.6) is 23.0 Å². The van der Waals surface area contributed by atoms with Crippen LogP contribution < -0.4 is 18.9 Å². The number of rotatable bonds is 12. The molecule has 17 heteroatoms. The van der Waals surface area contributed by atoms with Crippen LogP contribution in [0.4, 0.5) is 9.59 Å². The first kappa shape index (κ1) is 51.1. The molecule has 0 aromatic heterocycles. The normalized spacial score (nSPS) is 22.3. The van der Waals surface area contributed by atoms with Crippen molar-refractivity contribution in [1.82, 2.24) is 29.4 Å². The number of aliphatic imine (C=N–C) groups is 1. The highest BCUT2D eigenvalue weighted by Crippen LogP contribution is 2.59. The van der Waals surface area contributed by atoms with Crippen LogP contribution in [0.25, 0.3) is 0 Å². The molecule has 384 valence electrons. The van der Waals surface area contributed by atoms with E-state index in [9.17, 15) is 9.59 Å². The number of ether oxygens (including phenoxy) is 6. The Morgan fingerprint density at radius 2 is 1.45 bits per heavy atom. The number of carbonyl (C=O) groups excluding carboxylic acids is 4. The molecule has 1 aliphatic carbocycles. The third-order valence-corrected chi connectivity index (χ3v) is 15.1. The van der Waals surface area contributed by atoms with Crippen LogP contribution in [-0.4, -0.2) is 166 Å². The summed E-state index contributed by atoms with van der Waals surface area (Å²) in [6, 6.07) is 17.6. The summed E-state index contributed by atoms with van der Waals surface area (Å²) >= 11 is 0. The minimum Gasteiger partial charge on any atom is -0.493 e. The van der Waals surface area contributed by atoms with Gasteiger partial charge in [-0.2, -0.15) is 0 Å². The van der Waals surface area contributed by atoms with E-state index in [-0.39, 0.29) is 49.3 Å². The number of piperazine rings is 1. The Hall–Kier alpha value is -6.23. The smallest absolute Gasteiger partial charge is 0.417 e. The number of benzene rings is 3. The summed E-state index contributed by atoms with van der Waals surface area (Å²) in [7, 11) is 8.23. The van der Waals surface area contributed by atoms with Gasteiger partial charge < -0.3 is 48.0 Å². The molecule has 0 radical (unpaired) electrons. The van der Waals surface area contributed by atoms with E-state index in [1.54, 1.807) is 40.4 Å². The predicted octanol–water partition coefficient (Wildman–Crippen LogP) is 6.75. The number of likely N-dealkylation sites (N-methyl/N-ethyl adjacent to an activating group) is 1. The maximum atomic E-state index is 15.3. The van der Waals surface area contributed by atoms with Crippen molar-refractivity contribution in [2.24, 2.45) is 16.8 Å². The molecule has 2 fully saturated rings. The van der Waals surface area contributed by atoms with Gasteiger partial charge in [-0.1, -0.05) is 37.3 Å². The quantitative estimate of drug-likeness (QED) is 0.189. The van der Waals surface area contributed by atoms with Gasteiger partial charge >= 0.3 is 12.2 Å². The first-order valence-electron chi connectivity index (χ1n) is 25.2. The highest BCUT2D eigenvalue weighted by molar-refractivity contribution is 5.95. The Bertz CT molecular complexity index is 2450. The van der Waals surface area contributed by atoms with Crippen molar-refractivity contribution in [1.29, 1.82) is 0 Å². The molecule has 4 aliphatic heterocycles. The lowest BCUT2D eigenvalue weighted by molar-refractivity contribution is -0.153. The zero-order valence-corrected chi connectivity index (χ0v) is 43.2. The van der Waals surface area contributed by atoms with Gasteiger partial charge in [0.05, 0.1) is 47.1 Å². The van der Waals surface area contributed by atoms with Crippen molar-refractivity contribution < 1.29 is 47.6 Å². The number of fused-ring (bicyclic) bond motifs is 3. The van der Waals surface area contributed by atoms with Crippen molar-refractivity contribution in [3.05, 3.63) is 82.4 Å². The minimum absolute atomic E-state index is 0.0705. The average Bonchev–Trinajstić information content (AvgIpc) is 3.89. The van der Waals surface area contributed by atoms with Crippen LogP contribution in [0.3, 0.4) is 0 Å². The number of nitrogens with zero attached hydrogens (tertiary/aromatic N) is 7. The molecule has 4 unspecified atom stereocenters. The molecule has 4 heterocycles. The van der Waals surface area contributed by atoms with Crippen LogP contribution in [0.15, 0.2) is 59.6 Å². The molecule has 1 saturated carbocycles. The SMILES string of the molecule is CCN1CCc2cc(OC)c(OC)cc2C1C1CC(C(=O)N2CCN(C3=NCCN3C(=O)OC(C)(C)C)CC2)CCC12c1cc(OC)c(OC)cc1CCN2C(=O)CCN(C)C(=O)OCc1ccccc1. The van der Waals surface area contributed by atoms with Crippen LogP contribution in [0, 0.1) is 11.8 Å². The van der Waals surface area contributed by atoms with Crippen molar-refractivity contribution >= 4 is 30.0 Å². The summed E-state index contributed by atoms with van der Waals surface area (Å²) in [4.78, 5) is 73.4. The highest BCUT2D eigenvalue weighted by atomic mass is 16.6. The largest absolute Gasteiger partial charge is 0.493 e. The van der Waals surface area contributed by atoms with Gasteiger partial charge in [0, 0.05) is 77.2 Å². The molecular weight excluding hydrogens is 907 g/mol. The van der Waals surface area contributed by atoms with E-state index in [1.807, 2.05) is 56.0 Å². The molecular formula is C54H73N7O10. The van der Waals surface area contributed by atoms with Gasteiger partial charge in [0.1, 0.15) is 12.2 Å². The molecule has 3 aromatic carbocycles. The average molecular weight is 980 g/mol. The van der Waals surface area contributed by atoms with E-state index in [1.165, 1.54) is 4.90 Å². The summed E-state index contributed by atoms with van der Waals surface area (Å²) in [6.07, 6.45) is 2.06. The molecule has 1 spiro atoms. The van der Waals surface area contributed by atoms with Crippen LogP contribution >= 0.6 is 0 Å². The van der Waals surface area contributed by atoms with E-state index in [2.05, 4.69) is 45.9 Å². The molecule has 0 N–H and O–H groups in total. The topological polar surface area (TPSA) is 155 Å². The Morgan fingerprint density at radius 1 is 0.803 bits per heavy atom. The van der Waals surface area contributed by atoms with E-state index >= 15 is 9.59 Å². The number of hydrogen-bond donors (Lipinski definition) is 0. The second kappa shape index (κ2) is 21.6. The first-order valence-corrected chi connectivity index (χ1v) is 25.2. The van der Waals surface area contributed by atoms with Gasteiger partial charge in [-0.15, -0.1) is 0 Å². The fraction of sp³-hybridized carbons (Fsp3) is 0.574. The summed E-state index contributed by atoms with van der Waals surface area (Å²) in [6.45, 7) is 12.9. The van der Waals surface area contributed by atoms with Crippen LogP contribution in [0.1, 0.15) is 87.2 Å². The third-order valence-electron chi connectivity index (χ3n) is 15.1. The van der Waals surface area contributed by atoms with E-state index < -0.39 is 23.3 Å². The van der Waals surface area contributed by atoms with Gasteiger partial charge in [0.25, 0.3) is 0 Å². The zero-order chi connectivity index (χ0) is 50.6. The summed E-state index contributed by atoms with van der Waals surface area (Å²) in [5, 5.41) is 0. The van der Waals surface area contributed by atoms with Crippen LogP contribution in [0.2, 0.25) is 0 Å². The number of hydrogen-bond acceptors (Lipinski definition) is 13. The van der Waals surface area contributed by atoms with Crippen molar-refractivity contribution in [2.75, 3.05) is 101 Å². The second-order valence-electron chi connectivity index (χ2n) is 20.2. The summed E-state index contributed by atoms with van der Waals surface area (Å²) in [5.41, 5.74) is 3.63. The van der Waals surface area contributed by atoms with E-state index in [4.69, 9.17) is 33.4 Å². The van der Waals surface area contributed by atoms with Gasteiger partial charge in [-0.25, -0.2) is 14.5 Å². The number of carbonyl (C=O) groups is 4. The van der Waals surface area contributed by atoms with Crippen molar-refractivity contribution in [2.45, 2.75) is 90.0 Å². The fourth-order valence-electron chi connectivity index (χ4n) is 11.7. The molecule has 4 amide bonds. The van der Waals surface area contributed by atoms with Gasteiger partial charge in [0.2, 0.25) is 17.8 Å². The van der Waals surface area contributed by atoms with Gasteiger partial charge in [-0.05, 0) is 112 Å². The monoisotopic (exact) mass is 980 g/mol. The molecule has 1 saturated heterocycles. The van der Waals surface area contributed by atoms with Crippen LogP contribution in [-0.2, 0) is 44.1 Å². The number of amides is 4. The maximum Gasteiger partial charge on any atom is 0.417 e. The second-order valence-corrected chi connectivity index (χ2v) is 20.2. The predicted molar refractivity (Wildman–Crippen MR) is 268 cm³/mol. The lowest BCUT2D eigenvalue weighted by Crippen LogP contribution is -2.63. The van der Waals surface area contributed by atoms with Gasteiger partial charge in [0.15, 0.2) is 23.0 Å². The molecule has 5 aliphatic rings. The molecule has 0 bridgehead atoms. The third kappa shape index (κ3) is 10.4. The highest BCUT2D eigenvalue weighted by Gasteiger charge is 2.58. The fourth-order valence-corrected chi connectivity index (χ4v) is 11.7. The molecule has 4 atom stereocenters. The Balaban J connectivity index is 1.15. The lowest BCUT2D eigenvalue weighted by atomic mass is 9.58. The minimum atomic E-state index is -0.905.